The van der Waals surface area contributed by atoms with Gasteiger partial charge in [-0.2, -0.15) is 0 Å². The minimum absolute atomic E-state index is 0.0131. The summed E-state index contributed by atoms with van der Waals surface area (Å²) in [5, 5.41) is 8.56. The van der Waals surface area contributed by atoms with Crippen LogP contribution >= 0.6 is 0 Å². The summed E-state index contributed by atoms with van der Waals surface area (Å²) in [6, 6.07) is 0. The lowest BCUT2D eigenvalue weighted by Crippen LogP contribution is -1.84. The molecule has 0 heterocycles. The molecule has 1 heteroatoms. The molecule has 0 aliphatic rings. The highest BCUT2D eigenvalue weighted by molar-refractivity contribution is 4.98. The van der Waals surface area contributed by atoms with Gasteiger partial charge in [-0.05, 0) is 6.42 Å². The monoisotopic (exact) mass is 364 g/mol. The second-order valence-corrected chi connectivity index (χ2v) is 7.98. The summed E-state index contributed by atoms with van der Waals surface area (Å²) >= 11 is 0. The maximum Gasteiger partial charge on any atom is 0.104 e. The molecule has 1 N–H and O–H groups in total. The number of rotatable bonds is 20. The fraction of sp³-hybridized carbons (Fsp3) is 0.920. The average molecular weight is 365 g/mol. The van der Waals surface area contributed by atoms with Crippen molar-refractivity contribution in [2.24, 2.45) is 0 Å². The second kappa shape index (κ2) is 24.5. The van der Waals surface area contributed by atoms with E-state index in [-0.39, 0.29) is 6.61 Å². The van der Waals surface area contributed by atoms with Crippen molar-refractivity contribution in [1.82, 2.24) is 0 Å². The molecular weight excluding hydrogens is 316 g/mol. The van der Waals surface area contributed by atoms with E-state index in [2.05, 4.69) is 18.8 Å². The first-order valence-corrected chi connectivity index (χ1v) is 12.0. The van der Waals surface area contributed by atoms with Crippen LogP contribution in [0.4, 0.5) is 0 Å². The van der Waals surface area contributed by atoms with Gasteiger partial charge >= 0.3 is 0 Å². The summed E-state index contributed by atoms with van der Waals surface area (Å²) in [5.41, 5.74) is 0. The van der Waals surface area contributed by atoms with Crippen LogP contribution in [0, 0.1) is 11.8 Å². The summed E-state index contributed by atoms with van der Waals surface area (Å²) in [6.07, 6.45) is 29.4. The van der Waals surface area contributed by atoms with Crippen molar-refractivity contribution >= 4 is 0 Å². The zero-order chi connectivity index (χ0) is 19.0. The molecular formula is C25H48O. The molecule has 0 rings (SSSR count). The van der Waals surface area contributed by atoms with Crippen LogP contribution in [0.3, 0.4) is 0 Å². The van der Waals surface area contributed by atoms with Gasteiger partial charge in [-0.25, -0.2) is 0 Å². The smallest absolute Gasteiger partial charge is 0.104 e. The standard InChI is InChI=1S/C25H48O/c1-2-3-4-5-6-7-8-9-10-11-12-13-14-15-16-17-18-19-20-21-22-23-24-25-26/h26H,2-22,25H2,1H3. The molecule has 154 valence electrons. The molecule has 0 aromatic heterocycles. The van der Waals surface area contributed by atoms with Crippen molar-refractivity contribution in [1.29, 1.82) is 0 Å². The second-order valence-electron chi connectivity index (χ2n) is 7.98. The number of unbranched alkanes of at least 4 members (excludes halogenated alkanes) is 20. The Morgan fingerprint density at radius 2 is 0.731 bits per heavy atom. The predicted octanol–water partition coefficient (Wildman–Crippen LogP) is 8.19. The zero-order valence-corrected chi connectivity index (χ0v) is 18.0. The van der Waals surface area contributed by atoms with Gasteiger partial charge in [0.25, 0.3) is 0 Å². The fourth-order valence-corrected chi connectivity index (χ4v) is 3.61. The van der Waals surface area contributed by atoms with Gasteiger partial charge in [0.15, 0.2) is 0 Å². The minimum Gasteiger partial charge on any atom is -0.384 e. The van der Waals surface area contributed by atoms with Crippen molar-refractivity contribution in [3.63, 3.8) is 0 Å². The summed E-state index contributed by atoms with van der Waals surface area (Å²) in [5.74, 6) is 5.71. The van der Waals surface area contributed by atoms with Crippen molar-refractivity contribution in [3.05, 3.63) is 0 Å². The zero-order valence-electron chi connectivity index (χ0n) is 18.0. The number of aliphatic hydroxyl groups excluding tert-OH is 1. The highest BCUT2D eigenvalue weighted by Gasteiger charge is 1.95. The molecule has 26 heavy (non-hydrogen) atoms. The summed E-state index contributed by atoms with van der Waals surface area (Å²) < 4.78 is 0. The van der Waals surface area contributed by atoms with Gasteiger partial charge in [-0.3, -0.25) is 0 Å². The molecule has 0 saturated heterocycles. The SMILES string of the molecule is CCCCCCCCCCCCCCCCCCCCCCC#CCO. The highest BCUT2D eigenvalue weighted by atomic mass is 16.2. The normalized spacial score (nSPS) is 10.7. The van der Waals surface area contributed by atoms with Crippen molar-refractivity contribution in [3.8, 4) is 11.8 Å². The number of aliphatic hydroxyl groups is 1. The molecule has 0 amide bonds. The third kappa shape index (κ3) is 23.5. The van der Waals surface area contributed by atoms with E-state index in [9.17, 15) is 0 Å². The first-order chi connectivity index (χ1) is 12.9. The third-order valence-electron chi connectivity index (χ3n) is 5.36. The van der Waals surface area contributed by atoms with Gasteiger partial charge in [0, 0.05) is 6.42 Å². The third-order valence-corrected chi connectivity index (χ3v) is 5.36. The Morgan fingerprint density at radius 1 is 0.423 bits per heavy atom. The minimum atomic E-state index is 0.0131. The molecule has 0 fully saturated rings. The first-order valence-electron chi connectivity index (χ1n) is 12.0. The van der Waals surface area contributed by atoms with Gasteiger partial charge in [0.1, 0.15) is 6.61 Å². The predicted molar refractivity (Wildman–Crippen MR) is 117 cm³/mol. The van der Waals surface area contributed by atoms with Gasteiger partial charge in [-0.15, -0.1) is 5.92 Å². The molecule has 0 unspecified atom stereocenters. The largest absolute Gasteiger partial charge is 0.384 e. The Hall–Kier alpha value is -0.480. The van der Waals surface area contributed by atoms with E-state index in [1.807, 2.05) is 0 Å². The number of hydrogen-bond acceptors (Lipinski definition) is 1. The quantitative estimate of drug-likeness (QED) is 0.170. The molecule has 0 aliphatic carbocycles. The van der Waals surface area contributed by atoms with Crippen molar-refractivity contribution < 1.29 is 5.11 Å². The highest BCUT2D eigenvalue weighted by Crippen LogP contribution is 2.14. The van der Waals surface area contributed by atoms with E-state index in [0.29, 0.717) is 0 Å². The molecule has 0 atom stereocenters. The Kier molecular flexibility index (Phi) is 24.1. The average Bonchev–Trinajstić information content (AvgIpc) is 2.66. The Balaban J connectivity index is 2.99. The van der Waals surface area contributed by atoms with Crippen LogP contribution in [0.15, 0.2) is 0 Å². The Morgan fingerprint density at radius 3 is 1.04 bits per heavy atom. The molecule has 0 aliphatic heterocycles. The van der Waals surface area contributed by atoms with Crippen LogP contribution in [0.1, 0.15) is 142 Å². The van der Waals surface area contributed by atoms with Crippen LogP contribution in [0.25, 0.3) is 0 Å². The van der Waals surface area contributed by atoms with E-state index < -0.39 is 0 Å². The maximum absolute atomic E-state index is 8.56. The molecule has 1 nitrogen and oxygen atoms in total. The topological polar surface area (TPSA) is 20.2 Å². The van der Waals surface area contributed by atoms with Crippen molar-refractivity contribution in [2.75, 3.05) is 6.61 Å². The van der Waals surface area contributed by atoms with Gasteiger partial charge in [0.05, 0.1) is 0 Å². The van der Waals surface area contributed by atoms with E-state index in [1.165, 1.54) is 128 Å². The lowest BCUT2D eigenvalue weighted by atomic mass is 10.0. The van der Waals surface area contributed by atoms with Gasteiger partial charge in [-0.1, -0.05) is 135 Å². The molecule has 0 spiro atoms. The van der Waals surface area contributed by atoms with E-state index in [1.54, 1.807) is 0 Å². The molecule has 0 aromatic carbocycles. The van der Waals surface area contributed by atoms with Crippen LogP contribution in [-0.4, -0.2) is 11.7 Å². The summed E-state index contributed by atoms with van der Waals surface area (Å²) in [7, 11) is 0. The lowest BCUT2D eigenvalue weighted by molar-refractivity contribution is 0.350. The van der Waals surface area contributed by atoms with Gasteiger partial charge < -0.3 is 5.11 Å². The summed E-state index contributed by atoms with van der Waals surface area (Å²) in [4.78, 5) is 0. The Bertz CT molecular complexity index is 299. The van der Waals surface area contributed by atoms with Gasteiger partial charge in [0.2, 0.25) is 0 Å². The van der Waals surface area contributed by atoms with Crippen molar-refractivity contribution in [2.45, 2.75) is 142 Å². The van der Waals surface area contributed by atoms with E-state index >= 15 is 0 Å². The first kappa shape index (κ1) is 25.5. The molecule has 0 radical (unpaired) electrons. The van der Waals surface area contributed by atoms with Crippen LogP contribution in [-0.2, 0) is 0 Å². The summed E-state index contributed by atoms with van der Waals surface area (Å²) in [6.45, 7) is 2.31. The van der Waals surface area contributed by atoms with Crippen LogP contribution < -0.4 is 0 Å². The van der Waals surface area contributed by atoms with Crippen LogP contribution in [0.5, 0.6) is 0 Å². The fourth-order valence-electron chi connectivity index (χ4n) is 3.61. The van der Waals surface area contributed by atoms with E-state index in [0.717, 1.165) is 6.42 Å². The van der Waals surface area contributed by atoms with Crippen LogP contribution in [0.2, 0.25) is 0 Å². The van der Waals surface area contributed by atoms with E-state index in [4.69, 9.17) is 5.11 Å². The lowest BCUT2D eigenvalue weighted by Gasteiger charge is -2.04. The Labute approximate surface area is 165 Å². The molecule has 0 saturated carbocycles. The molecule has 0 aromatic rings. The number of hydrogen-bond donors (Lipinski definition) is 1. The molecule has 0 bridgehead atoms. The maximum atomic E-state index is 8.56.